The van der Waals surface area contributed by atoms with Gasteiger partial charge >= 0.3 is 0 Å². The van der Waals surface area contributed by atoms with E-state index in [2.05, 4.69) is 34.9 Å². The molecule has 5 nitrogen and oxygen atoms in total. The van der Waals surface area contributed by atoms with Crippen molar-refractivity contribution in [3.05, 3.63) is 23.8 Å². The monoisotopic (exact) mass is 357 g/mol. The van der Waals surface area contributed by atoms with Gasteiger partial charge in [0, 0.05) is 13.1 Å². The van der Waals surface area contributed by atoms with Gasteiger partial charge in [-0.3, -0.25) is 9.80 Å². The quantitative estimate of drug-likeness (QED) is 0.749. The number of nitrogens with zero attached hydrogens (tertiary/aromatic N) is 3. The summed E-state index contributed by atoms with van der Waals surface area (Å²) in [4.78, 5) is 4.87. The molecule has 26 heavy (non-hydrogen) atoms. The van der Waals surface area contributed by atoms with E-state index in [0.29, 0.717) is 6.61 Å². The molecule has 0 saturated carbocycles. The van der Waals surface area contributed by atoms with Crippen LogP contribution < -0.4 is 9.47 Å². The van der Waals surface area contributed by atoms with Crippen LogP contribution in [-0.2, 0) is 6.54 Å². The molecule has 2 heterocycles. The van der Waals surface area contributed by atoms with E-state index >= 15 is 0 Å². The van der Waals surface area contributed by atoms with Gasteiger partial charge in [-0.25, -0.2) is 0 Å². The first-order valence-corrected chi connectivity index (χ1v) is 9.77. The van der Waals surface area contributed by atoms with Crippen molar-refractivity contribution in [2.75, 3.05) is 46.4 Å². The second-order valence-corrected chi connectivity index (χ2v) is 7.83. The zero-order valence-electron chi connectivity index (χ0n) is 16.2. The molecule has 0 aliphatic carbocycles. The van der Waals surface area contributed by atoms with Crippen molar-refractivity contribution in [1.29, 1.82) is 5.26 Å². The topological polar surface area (TPSA) is 48.7 Å². The Balaban J connectivity index is 1.52. The number of benzene rings is 1. The van der Waals surface area contributed by atoms with Gasteiger partial charge in [-0.1, -0.05) is 6.07 Å². The van der Waals surface area contributed by atoms with Gasteiger partial charge in [0.15, 0.2) is 11.5 Å². The lowest BCUT2D eigenvalue weighted by Gasteiger charge is -2.35. The summed E-state index contributed by atoms with van der Waals surface area (Å²) in [6.07, 6.45) is 4.50. The van der Waals surface area contributed by atoms with E-state index in [4.69, 9.17) is 9.47 Å². The molecule has 3 rings (SSSR count). The summed E-state index contributed by atoms with van der Waals surface area (Å²) in [5, 5.41) is 9.26. The van der Waals surface area contributed by atoms with Gasteiger partial charge in [0.05, 0.1) is 18.6 Å². The molecule has 2 saturated heterocycles. The number of nitriles is 1. The fraction of sp³-hybridized carbons (Fsp3) is 0.667. The number of piperidine rings is 1. The van der Waals surface area contributed by atoms with Crippen LogP contribution in [0.4, 0.5) is 0 Å². The van der Waals surface area contributed by atoms with Crippen molar-refractivity contribution in [2.24, 2.45) is 5.41 Å². The van der Waals surface area contributed by atoms with E-state index in [1.807, 2.05) is 6.07 Å². The lowest BCUT2D eigenvalue weighted by molar-refractivity contribution is 0.150. The van der Waals surface area contributed by atoms with Crippen molar-refractivity contribution in [2.45, 2.75) is 39.2 Å². The number of methoxy groups -OCH3 is 1. The van der Waals surface area contributed by atoms with Crippen LogP contribution in [0.1, 0.15) is 38.2 Å². The number of hydrogen-bond acceptors (Lipinski definition) is 5. The first-order chi connectivity index (χ1) is 12.6. The maximum Gasteiger partial charge on any atom is 0.161 e. The third kappa shape index (κ3) is 4.90. The number of rotatable bonds is 7. The van der Waals surface area contributed by atoms with Crippen molar-refractivity contribution in [3.8, 4) is 17.6 Å². The fourth-order valence-corrected chi connectivity index (χ4v) is 3.80. The molecule has 5 heteroatoms. The van der Waals surface area contributed by atoms with E-state index in [1.54, 1.807) is 7.11 Å². The lowest BCUT2D eigenvalue weighted by Crippen LogP contribution is -2.37. The summed E-state index contributed by atoms with van der Waals surface area (Å²) >= 11 is 0. The maximum atomic E-state index is 9.26. The van der Waals surface area contributed by atoms with Crippen molar-refractivity contribution < 1.29 is 9.47 Å². The van der Waals surface area contributed by atoms with Crippen LogP contribution in [0.15, 0.2) is 18.2 Å². The largest absolute Gasteiger partial charge is 0.493 e. The van der Waals surface area contributed by atoms with E-state index in [-0.39, 0.29) is 5.41 Å². The van der Waals surface area contributed by atoms with Crippen LogP contribution in [0, 0.1) is 16.7 Å². The molecular weight excluding hydrogens is 326 g/mol. The van der Waals surface area contributed by atoms with Crippen molar-refractivity contribution in [1.82, 2.24) is 9.80 Å². The second-order valence-electron chi connectivity index (χ2n) is 7.83. The van der Waals surface area contributed by atoms with Crippen molar-refractivity contribution >= 4 is 0 Å². The first kappa shape index (κ1) is 19.0. The average Bonchev–Trinajstić information content (AvgIpc) is 3.18. The van der Waals surface area contributed by atoms with Gasteiger partial charge in [-0.2, -0.15) is 5.26 Å². The van der Waals surface area contributed by atoms with Gasteiger partial charge in [-0.15, -0.1) is 0 Å². The molecule has 0 unspecified atom stereocenters. The fourth-order valence-electron chi connectivity index (χ4n) is 3.80. The van der Waals surface area contributed by atoms with E-state index in [0.717, 1.165) is 50.5 Å². The summed E-state index contributed by atoms with van der Waals surface area (Å²) in [6, 6.07) is 8.71. The molecule has 1 aromatic carbocycles. The van der Waals surface area contributed by atoms with Crippen LogP contribution >= 0.6 is 0 Å². The van der Waals surface area contributed by atoms with Crippen LogP contribution in [0.2, 0.25) is 0 Å². The molecule has 2 aliphatic heterocycles. The van der Waals surface area contributed by atoms with Crippen LogP contribution in [0.25, 0.3) is 0 Å². The zero-order chi connectivity index (χ0) is 18.4. The van der Waals surface area contributed by atoms with E-state index in [1.165, 1.54) is 31.5 Å². The van der Waals surface area contributed by atoms with Gasteiger partial charge in [0.1, 0.15) is 6.61 Å². The molecule has 0 N–H and O–H groups in total. The minimum atomic E-state index is -0.152. The third-order valence-corrected chi connectivity index (χ3v) is 5.73. The Morgan fingerprint density at radius 2 is 1.81 bits per heavy atom. The van der Waals surface area contributed by atoms with E-state index in [9.17, 15) is 5.26 Å². The molecule has 0 spiro atoms. The highest BCUT2D eigenvalue weighted by atomic mass is 16.5. The summed E-state index contributed by atoms with van der Waals surface area (Å²) in [6.45, 7) is 8.99. The Morgan fingerprint density at radius 1 is 1.08 bits per heavy atom. The summed E-state index contributed by atoms with van der Waals surface area (Å²) < 4.78 is 11.5. The molecule has 2 fully saturated rings. The molecule has 2 aliphatic rings. The molecule has 0 aromatic heterocycles. The summed E-state index contributed by atoms with van der Waals surface area (Å²) in [5.41, 5.74) is 1.08. The maximum absolute atomic E-state index is 9.26. The zero-order valence-corrected chi connectivity index (χ0v) is 16.2. The molecule has 0 atom stereocenters. The average molecular weight is 357 g/mol. The second kappa shape index (κ2) is 8.75. The Kier molecular flexibility index (Phi) is 6.39. The summed E-state index contributed by atoms with van der Waals surface area (Å²) in [7, 11) is 1.70. The van der Waals surface area contributed by atoms with Gasteiger partial charge in [0.2, 0.25) is 0 Å². The molecule has 142 valence electrons. The van der Waals surface area contributed by atoms with Crippen molar-refractivity contribution in [3.63, 3.8) is 0 Å². The highest BCUT2D eigenvalue weighted by molar-refractivity contribution is 5.43. The highest BCUT2D eigenvalue weighted by Gasteiger charge is 2.29. The summed E-state index contributed by atoms with van der Waals surface area (Å²) in [5.74, 6) is 1.63. The number of likely N-dealkylation sites (tertiary alicyclic amines) is 2. The predicted octanol–water partition coefficient (Wildman–Crippen LogP) is 3.30. The normalized spacial score (nSPS) is 20.7. The van der Waals surface area contributed by atoms with E-state index < -0.39 is 0 Å². The SMILES string of the molecule is COc1cc(CN2CCC(C)(C#N)CC2)ccc1OCCN1CCCC1. The van der Waals surface area contributed by atoms with Gasteiger partial charge in [-0.05, 0) is 76.5 Å². The Hall–Kier alpha value is -1.77. The molecule has 1 aromatic rings. The molecule has 0 radical (unpaired) electrons. The lowest BCUT2D eigenvalue weighted by atomic mass is 9.82. The predicted molar refractivity (Wildman–Crippen MR) is 102 cm³/mol. The molecule has 0 bridgehead atoms. The number of ether oxygens (including phenoxy) is 2. The smallest absolute Gasteiger partial charge is 0.161 e. The molecular formula is C21H31N3O2. The standard InChI is InChI=1S/C21H31N3O2/c1-21(17-22)7-11-24(12-8-21)16-18-5-6-19(20(15-18)25-2)26-14-13-23-9-3-4-10-23/h5-6,15H,3-4,7-14,16H2,1-2H3. The van der Waals surface area contributed by atoms with Crippen LogP contribution in [0.5, 0.6) is 11.5 Å². The van der Waals surface area contributed by atoms with Crippen LogP contribution in [-0.4, -0.2) is 56.2 Å². The van der Waals surface area contributed by atoms with Crippen LogP contribution in [0.3, 0.4) is 0 Å². The minimum absolute atomic E-state index is 0.152. The third-order valence-electron chi connectivity index (χ3n) is 5.73. The van der Waals surface area contributed by atoms with Gasteiger partial charge < -0.3 is 9.47 Å². The number of hydrogen-bond donors (Lipinski definition) is 0. The highest BCUT2D eigenvalue weighted by Crippen LogP contribution is 2.32. The Bertz CT molecular complexity index is 627. The Morgan fingerprint density at radius 3 is 2.46 bits per heavy atom. The minimum Gasteiger partial charge on any atom is -0.493 e. The Labute approximate surface area is 157 Å². The van der Waals surface area contributed by atoms with Gasteiger partial charge in [0.25, 0.3) is 0 Å². The molecule has 0 amide bonds. The first-order valence-electron chi connectivity index (χ1n) is 9.77.